The molecule has 0 spiro atoms. The molecule has 0 aliphatic carbocycles. The van der Waals surface area contributed by atoms with Crippen molar-refractivity contribution < 1.29 is 37.7 Å². The standard InChI is InChI=1S/C34H29FN2O5.C17H14ClNO2/c1-40-32-20-26-28(21-33(32)41-22-24-10-6-3-7-11-24)36-17-15-30(26)42-31-13-12-25(18-27(31)35)19-29(38)34(39)37-16-14-23-8-4-2-5-9-23;1-20-16-9-13-14(18)7-8-19-15(13)10-17(16)21-11-12-5-3-2-4-6-12/h2-13,15,17-18,20-21H,14,16,19,22H2,1H3,(H,37,39);2-10H,11H2,1H3. The molecule has 1 amide bonds. The van der Waals surface area contributed by atoms with Crippen LogP contribution in [0.25, 0.3) is 21.8 Å². The molecule has 0 aliphatic rings. The van der Waals surface area contributed by atoms with Gasteiger partial charge in [0.2, 0.25) is 5.78 Å². The number of fused-ring (bicyclic) bond motifs is 2. The lowest BCUT2D eigenvalue weighted by atomic mass is 10.1. The number of nitrogens with zero attached hydrogens (tertiary/aromatic N) is 2. The van der Waals surface area contributed by atoms with Crippen LogP contribution < -0.4 is 29.0 Å². The highest BCUT2D eigenvalue weighted by Crippen LogP contribution is 2.38. The molecule has 0 fully saturated rings. The van der Waals surface area contributed by atoms with Crippen LogP contribution in [0, 0.1) is 5.82 Å². The third-order valence-corrected chi connectivity index (χ3v) is 10.1. The maximum atomic E-state index is 15.1. The van der Waals surface area contributed by atoms with E-state index in [1.54, 1.807) is 49.8 Å². The zero-order valence-electron chi connectivity index (χ0n) is 34.6. The van der Waals surface area contributed by atoms with Crippen molar-refractivity contribution in [2.24, 2.45) is 0 Å². The minimum Gasteiger partial charge on any atom is -0.493 e. The maximum Gasteiger partial charge on any atom is 0.287 e. The van der Waals surface area contributed by atoms with E-state index in [2.05, 4.69) is 15.3 Å². The van der Waals surface area contributed by atoms with Crippen molar-refractivity contribution >= 4 is 45.1 Å². The third-order valence-electron chi connectivity index (χ3n) is 9.81. The Hall–Kier alpha value is -7.50. The molecule has 0 saturated heterocycles. The lowest BCUT2D eigenvalue weighted by Crippen LogP contribution is -2.33. The number of ether oxygens (including phenoxy) is 5. The van der Waals surface area contributed by atoms with E-state index in [1.807, 2.05) is 103 Å². The minimum absolute atomic E-state index is 0.0330. The van der Waals surface area contributed by atoms with Crippen LogP contribution in [0.5, 0.6) is 34.5 Å². The fraction of sp³-hybridized carbons (Fsp3) is 0.137. The average molecular weight is 864 g/mol. The van der Waals surface area contributed by atoms with Gasteiger partial charge in [-0.25, -0.2) is 4.39 Å². The first-order valence-electron chi connectivity index (χ1n) is 20.0. The summed E-state index contributed by atoms with van der Waals surface area (Å²) in [6, 6.07) is 44.1. The molecular weight excluding hydrogens is 821 g/mol. The molecule has 10 nitrogen and oxygen atoms in total. The molecule has 12 heteroatoms. The SMILES string of the molecule is COc1cc2c(Cl)ccnc2cc1OCc1ccccc1.COc1cc2c(Oc3ccc(CC(=O)C(=O)NCCc4ccccc4)cc3F)ccnc2cc1OCc1ccccc1. The smallest absolute Gasteiger partial charge is 0.287 e. The highest BCUT2D eigenvalue weighted by atomic mass is 35.5. The second kappa shape index (κ2) is 21.3. The summed E-state index contributed by atoms with van der Waals surface area (Å²) in [7, 11) is 3.15. The summed E-state index contributed by atoms with van der Waals surface area (Å²) in [5, 5.41) is 4.72. The summed E-state index contributed by atoms with van der Waals surface area (Å²) in [5.74, 6) is 0.629. The second-order valence-corrected chi connectivity index (χ2v) is 14.6. The molecule has 63 heavy (non-hydrogen) atoms. The summed E-state index contributed by atoms with van der Waals surface area (Å²) in [4.78, 5) is 33.4. The first kappa shape index (κ1) is 43.6. The molecule has 6 aromatic carbocycles. The predicted molar refractivity (Wildman–Crippen MR) is 241 cm³/mol. The first-order valence-corrected chi connectivity index (χ1v) is 20.4. The van der Waals surface area contributed by atoms with Crippen molar-refractivity contribution in [3.05, 3.63) is 191 Å². The van der Waals surface area contributed by atoms with Gasteiger partial charge in [0.15, 0.2) is 34.6 Å². The highest BCUT2D eigenvalue weighted by molar-refractivity contribution is 6.36. The number of hydrogen-bond donors (Lipinski definition) is 1. The fourth-order valence-corrected chi connectivity index (χ4v) is 6.75. The van der Waals surface area contributed by atoms with Crippen LogP contribution in [0.4, 0.5) is 4.39 Å². The topological polar surface area (TPSA) is 118 Å². The zero-order valence-corrected chi connectivity index (χ0v) is 35.3. The van der Waals surface area contributed by atoms with Crippen LogP contribution in [0.1, 0.15) is 22.3 Å². The first-order chi connectivity index (χ1) is 30.8. The molecule has 8 rings (SSSR count). The number of carbonyl (C=O) groups is 2. The summed E-state index contributed by atoms with van der Waals surface area (Å²) in [6.45, 7) is 1.17. The number of ketones is 1. The van der Waals surface area contributed by atoms with Crippen molar-refractivity contribution in [1.82, 2.24) is 15.3 Å². The number of amides is 1. The van der Waals surface area contributed by atoms with E-state index >= 15 is 4.39 Å². The van der Waals surface area contributed by atoms with Gasteiger partial charge in [-0.3, -0.25) is 19.6 Å². The molecular formula is C51H43ClFN3O7. The summed E-state index contributed by atoms with van der Waals surface area (Å²) in [5.41, 5.74) is 4.89. The van der Waals surface area contributed by atoms with Crippen molar-refractivity contribution in [3.8, 4) is 34.5 Å². The van der Waals surface area contributed by atoms with Gasteiger partial charge in [0.25, 0.3) is 5.91 Å². The Morgan fingerprint density at radius 1 is 0.571 bits per heavy atom. The molecule has 0 atom stereocenters. The zero-order chi connectivity index (χ0) is 44.0. The number of nitrogens with one attached hydrogen (secondary N) is 1. The van der Waals surface area contributed by atoms with Gasteiger partial charge in [0.1, 0.15) is 19.0 Å². The van der Waals surface area contributed by atoms with Crippen molar-refractivity contribution in [1.29, 1.82) is 0 Å². The van der Waals surface area contributed by atoms with E-state index in [-0.39, 0.29) is 12.2 Å². The van der Waals surface area contributed by atoms with E-state index in [4.69, 9.17) is 35.3 Å². The molecule has 0 unspecified atom stereocenters. The van der Waals surface area contributed by atoms with Gasteiger partial charge < -0.3 is 29.0 Å². The Balaban J connectivity index is 0.000000236. The van der Waals surface area contributed by atoms with Crippen LogP contribution in [0.2, 0.25) is 5.02 Å². The average Bonchev–Trinajstić information content (AvgIpc) is 3.32. The van der Waals surface area contributed by atoms with Crippen LogP contribution >= 0.6 is 11.6 Å². The number of hydrogen-bond acceptors (Lipinski definition) is 9. The molecule has 0 bridgehead atoms. The number of pyridine rings is 2. The van der Waals surface area contributed by atoms with Gasteiger partial charge in [0, 0.05) is 48.3 Å². The largest absolute Gasteiger partial charge is 0.493 e. The monoisotopic (exact) mass is 863 g/mol. The second-order valence-electron chi connectivity index (χ2n) is 14.1. The number of benzene rings is 6. The van der Waals surface area contributed by atoms with E-state index in [0.29, 0.717) is 76.4 Å². The molecule has 8 aromatic rings. The number of Topliss-reactive ketones (excluding diaryl/α,β-unsaturated/α-hetero) is 1. The molecule has 1 N–H and O–H groups in total. The van der Waals surface area contributed by atoms with Gasteiger partial charge in [-0.1, -0.05) is 109 Å². The molecule has 318 valence electrons. The Morgan fingerprint density at radius 3 is 1.68 bits per heavy atom. The Labute approximate surface area is 369 Å². The predicted octanol–water partition coefficient (Wildman–Crippen LogP) is 10.7. The van der Waals surface area contributed by atoms with E-state index in [9.17, 15) is 9.59 Å². The summed E-state index contributed by atoms with van der Waals surface area (Å²) >= 11 is 6.17. The maximum absolute atomic E-state index is 15.1. The van der Waals surface area contributed by atoms with Gasteiger partial charge in [-0.15, -0.1) is 0 Å². The number of aromatic nitrogens is 2. The van der Waals surface area contributed by atoms with E-state index in [1.165, 1.54) is 19.2 Å². The van der Waals surface area contributed by atoms with Crippen molar-refractivity contribution in [2.45, 2.75) is 26.1 Å². The lowest BCUT2D eigenvalue weighted by Gasteiger charge is -2.14. The van der Waals surface area contributed by atoms with Crippen molar-refractivity contribution in [3.63, 3.8) is 0 Å². The van der Waals surface area contributed by atoms with Crippen LogP contribution in [0.3, 0.4) is 0 Å². The van der Waals surface area contributed by atoms with Crippen LogP contribution in [0.15, 0.2) is 158 Å². The number of halogens is 2. The van der Waals surface area contributed by atoms with Crippen LogP contribution in [-0.2, 0) is 35.6 Å². The molecule has 2 aromatic heterocycles. The Kier molecular flexibility index (Phi) is 14.8. The summed E-state index contributed by atoms with van der Waals surface area (Å²) in [6.07, 6.45) is 3.62. The third kappa shape index (κ3) is 11.7. The van der Waals surface area contributed by atoms with Gasteiger partial charge in [0.05, 0.1) is 30.3 Å². The molecule has 0 radical (unpaired) electrons. The minimum atomic E-state index is -0.698. The van der Waals surface area contributed by atoms with Gasteiger partial charge in [-0.2, -0.15) is 0 Å². The van der Waals surface area contributed by atoms with E-state index < -0.39 is 17.5 Å². The molecule has 2 heterocycles. The lowest BCUT2D eigenvalue weighted by molar-refractivity contribution is -0.137. The molecule has 0 aliphatic heterocycles. The summed E-state index contributed by atoms with van der Waals surface area (Å²) < 4.78 is 43.7. The quantitative estimate of drug-likeness (QED) is 0.0947. The van der Waals surface area contributed by atoms with Gasteiger partial charge in [-0.05, 0) is 65.1 Å². The number of methoxy groups -OCH3 is 2. The highest BCUT2D eigenvalue weighted by Gasteiger charge is 2.18. The fourth-order valence-electron chi connectivity index (χ4n) is 6.54. The normalized spacial score (nSPS) is 10.7. The molecule has 0 saturated carbocycles. The Bertz CT molecular complexity index is 2810. The number of rotatable bonds is 16. The van der Waals surface area contributed by atoms with Crippen molar-refractivity contribution in [2.75, 3.05) is 20.8 Å². The number of carbonyl (C=O) groups excluding carboxylic acids is 2. The van der Waals surface area contributed by atoms with E-state index in [0.717, 1.165) is 27.6 Å². The van der Waals surface area contributed by atoms with Crippen LogP contribution in [-0.4, -0.2) is 42.4 Å². The van der Waals surface area contributed by atoms with Gasteiger partial charge >= 0.3 is 0 Å². The Morgan fingerprint density at radius 2 is 1.11 bits per heavy atom.